The fraction of sp³-hybridized carbons (Fsp3) is 0.250. The van der Waals surface area contributed by atoms with Crippen LogP contribution in [0.15, 0.2) is 55.0 Å². The number of aromatic nitrogens is 3. The molecule has 0 saturated carbocycles. The van der Waals surface area contributed by atoms with Crippen LogP contribution in [0.4, 0.5) is 5.69 Å². The molecule has 2 heterocycles. The predicted octanol–water partition coefficient (Wildman–Crippen LogP) is 4.13. The van der Waals surface area contributed by atoms with Crippen molar-refractivity contribution in [1.82, 2.24) is 14.8 Å². The van der Waals surface area contributed by atoms with E-state index in [0.717, 1.165) is 11.4 Å². The highest BCUT2D eigenvalue weighted by molar-refractivity contribution is 6.05. The van der Waals surface area contributed by atoms with Crippen LogP contribution in [0.25, 0.3) is 5.69 Å². The molecule has 0 radical (unpaired) electrons. The molecule has 2 aromatic heterocycles. The van der Waals surface area contributed by atoms with Crippen molar-refractivity contribution in [2.45, 2.75) is 33.1 Å². The maximum atomic E-state index is 12.8. The lowest BCUT2D eigenvalue weighted by Gasteiger charge is -2.17. The Bertz CT molecular complexity index is 874. The van der Waals surface area contributed by atoms with Gasteiger partial charge in [-0.05, 0) is 31.2 Å². The van der Waals surface area contributed by atoms with Crippen molar-refractivity contribution in [3.63, 3.8) is 0 Å². The van der Waals surface area contributed by atoms with Crippen LogP contribution >= 0.6 is 0 Å². The van der Waals surface area contributed by atoms with Gasteiger partial charge in [0.1, 0.15) is 0 Å². The van der Waals surface area contributed by atoms with Crippen LogP contribution in [0.2, 0.25) is 0 Å². The predicted molar refractivity (Wildman–Crippen MR) is 99.2 cm³/mol. The molecule has 3 aromatic rings. The molecule has 0 spiro atoms. The van der Waals surface area contributed by atoms with Gasteiger partial charge in [0.2, 0.25) is 0 Å². The maximum Gasteiger partial charge on any atom is 0.259 e. The molecule has 0 atom stereocenters. The Morgan fingerprint density at radius 2 is 1.84 bits per heavy atom. The lowest BCUT2D eigenvalue weighted by atomic mass is 9.89. The Hall–Kier alpha value is -2.95. The van der Waals surface area contributed by atoms with Crippen molar-refractivity contribution in [2.75, 3.05) is 5.32 Å². The summed E-state index contributed by atoms with van der Waals surface area (Å²) >= 11 is 0. The van der Waals surface area contributed by atoms with Gasteiger partial charge in [0.05, 0.1) is 28.8 Å². The normalized spacial score (nSPS) is 11.4. The summed E-state index contributed by atoms with van der Waals surface area (Å²) in [5, 5.41) is 7.57. The number of hydrogen-bond acceptors (Lipinski definition) is 3. The van der Waals surface area contributed by atoms with Gasteiger partial charge in [0.15, 0.2) is 0 Å². The van der Waals surface area contributed by atoms with Gasteiger partial charge in [-0.25, -0.2) is 4.68 Å². The van der Waals surface area contributed by atoms with Crippen LogP contribution in [0.3, 0.4) is 0 Å². The minimum Gasteiger partial charge on any atom is -0.320 e. The fourth-order valence-corrected chi connectivity index (χ4v) is 2.56. The molecule has 1 amide bonds. The molecule has 0 aliphatic heterocycles. The summed E-state index contributed by atoms with van der Waals surface area (Å²) in [5.41, 5.74) is 3.84. The average molecular weight is 334 g/mol. The molecule has 128 valence electrons. The molecular weight excluding hydrogens is 312 g/mol. The molecule has 5 nitrogen and oxygen atoms in total. The number of carbonyl (C=O) groups excluding carboxylic acids is 1. The molecule has 1 N–H and O–H groups in total. The lowest BCUT2D eigenvalue weighted by Crippen LogP contribution is -2.20. The van der Waals surface area contributed by atoms with E-state index in [1.807, 2.05) is 37.3 Å². The smallest absolute Gasteiger partial charge is 0.259 e. The van der Waals surface area contributed by atoms with Crippen molar-refractivity contribution in [3.05, 3.63) is 71.8 Å². The third-order valence-electron chi connectivity index (χ3n) is 3.89. The van der Waals surface area contributed by atoms with E-state index in [-0.39, 0.29) is 11.3 Å². The third kappa shape index (κ3) is 3.76. The monoisotopic (exact) mass is 334 g/mol. The van der Waals surface area contributed by atoms with Crippen LogP contribution in [0.5, 0.6) is 0 Å². The zero-order chi connectivity index (χ0) is 18.0. The highest BCUT2D eigenvalue weighted by Gasteiger charge is 2.26. The second-order valence-electron chi connectivity index (χ2n) is 7.12. The molecule has 0 saturated heterocycles. The van der Waals surface area contributed by atoms with E-state index in [1.54, 1.807) is 29.3 Å². The van der Waals surface area contributed by atoms with Gasteiger partial charge in [0.25, 0.3) is 5.91 Å². The number of carbonyl (C=O) groups is 1. The molecule has 0 bridgehead atoms. The summed E-state index contributed by atoms with van der Waals surface area (Å²) in [6.45, 7) is 8.20. The van der Waals surface area contributed by atoms with E-state index in [4.69, 9.17) is 0 Å². The van der Waals surface area contributed by atoms with Crippen molar-refractivity contribution in [2.24, 2.45) is 0 Å². The zero-order valence-corrected chi connectivity index (χ0v) is 14.9. The number of anilines is 1. The first kappa shape index (κ1) is 16.9. The van der Waals surface area contributed by atoms with Crippen LogP contribution in [-0.2, 0) is 5.41 Å². The highest BCUT2D eigenvalue weighted by Crippen LogP contribution is 2.26. The highest BCUT2D eigenvalue weighted by atomic mass is 16.1. The number of rotatable bonds is 3. The van der Waals surface area contributed by atoms with Gasteiger partial charge in [-0.15, -0.1) is 0 Å². The minimum atomic E-state index is -0.252. The van der Waals surface area contributed by atoms with Crippen LogP contribution in [0, 0.1) is 6.92 Å². The molecule has 0 unspecified atom stereocenters. The second-order valence-corrected chi connectivity index (χ2v) is 7.12. The molecule has 0 aliphatic rings. The summed E-state index contributed by atoms with van der Waals surface area (Å²) in [6.07, 6.45) is 5.08. The SMILES string of the molecule is Cc1ccc(-n2cc(C(=O)Nc3cccnc3)c(C(C)(C)C)n2)cc1. The van der Waals surface area contributed by atoms with Gasteiger partial charge in [-0.2, -0.15) is 5.10 Å². The number of nitrogens with one attached hydrogen (secondary N) is 1. The van der Waals surface area contributed by atoms with Crippen LogP contribution in [-0.4, -0.2) is 20.7 Å². The topological polar surface area (TPSA) is 59.8 Å². The lowest BCUT2D eigenvalue weighted by molar-refractivity contribution is 0.102. The Labute approximate surface area is 147 Å². The number of nitrogens with zero attached hydrogens (tertiary/aromatic N) is 3. The number of pyridine rings is 1. The molecule has 0 fully saturated rings. The molecule has 3 rings (SSSR count). The number of hydrogen-bond donors (Lipinski definition) is 1. The van der Waals surface area contributed by atoms with Crippen LogP contribution < -0.4 is 5.32 Å². The fourth-order valence-electron chi connectivity index (χ4n) is 2.56. The van der Waals surface area contributed by atoms with E-state index >= 15 is 0 Å². The summed E-state index contributed by atoms with van der Waals surface area (Å²) < 4.78 is 1.76. The van der Waals surface area contributed by atoms with Gasteiger partial charge in [0, 0.05) is 17.8 Å². The molecule has 0 aliphatic carbocycles. The van der Waals surface area contributed by atoms with Crippen molar-refractivity contribution in [1.29, 1.82) is 0 Å². The Morgan fingerprint density at radius 1 is 1.12 bits per heavy atom. The minimum absolute atomic E-state index is 0.184. The first-order valence-corrected chi connectivity index (χ1v) is 8.23. The Kier molecular flexibility index (Phi) is 4.40. The van der Waals surface area contributed by atoms with E-state index in [0.29, 0.717) is 11.3 Å². The van der Waals surface area contributed by atoms with Crippen molar-refractivity contribution >= 4 is 11.6 Å². The summed E-state index contributed by atoms with van der Waals surface area (Å²) in [5.74, 6) is -0.184. The first-order valence-electron chi connectivity index (χ1n) is 8.23. The van der Waals surface area contributed by atoms with Gasteiger partial charge < -0.3 is 5.32 Å². The van der Waals surface area contributed by atoms with Gasteiger partial charge >= 0.3 is 0 Å². The summed E-state index contributed by atoms with van der Waals surface area (Å²) in [4.78, 5) is 16.8. The Balaban J connectivity index is 1.99. The molecule has 25 heavy (non-hydrogen) atoms. The first-order chi connectivity index (χ1) is 11.8. The second kappa shape index (κ2) is 6.51. The molecule has 1 aromatic carbocycles. The van der Waals surface area contributed by atoms with Gasteiger partial charge in [-0.3, -0.25) is 9.78 Å². The van der Waals surface area contributed by atoms with E-state index in [1.165, 1.54) is 5.56 Å². The summed E-state index contributed by atoms with van der Waals surface area (Å²) in [7, 11) is 0. The van der Waals surface area contributed by atoms with Gasteiger partial charge in [-0.1, -0.05) is 38.5 Å². The third-order valence-corrected chi connectivity index (χ3v) is 3.89. The van der Waals surface area contributed by atoms with Crippen molar-refractivity contribution in [3.8, 4) is 5.69 Å². The maximum absolute atomic E-state index is 12.8. The number of aryl methyl sites for hydroxylation is 1. The molecular formula is C20H22N4O. The van der Waals surface area contributed by atoms with Crippen molar-refractivity contribution < 1.29 is 4.79 Å². The quantitative estimate of drug-likeness (QED) is 0.783. The number of benzene rings is 1. The van der Waals surface area contributed by atoms with E-state index < -0.39 is 0 Å². The standard InChI is InChI=1S/C20H22N4O/c1-14-7-9-16(10-8-14)24-13-17(18(23-24)20(2,3)4)19(25)22-15-6-5-11-21-12-15/h5-13H,1-4H3,(H,22,25). The number of amides is 1. The zero-order valence-electron chi connectivity index (χ0n) is 14.9. The largest absolute Gasteiger partial charge is 0.320 e. The average Bonchev–Trinajstić information content (AvgIpc) is 3.02. The van der Waals surface area contributed by atoms with E-state index in [9.17, 15) is 4.79 Å². The van der Waals surface area contributed by atoms with Crippen LogP contribution in [0.1, 0.15) is 42.4 Å². The molecule has 5 heteroatoms. The summed E-state index contributed by atoms with van der Waals surface area (Å²) in [6, 6.07) is 11.7. The Morgan fingerprint density at radius 3 is 2.44 bits per heavy atom. The van der Waals surface area contributed by atoms with E-state index in [2.05, 4.69) is 36.2 Å².